The Labute approximate surface area is 195 Å². The first-order chi connectivity index (χ1) is 14.9. The number of halogens is 1. The fourth-order valence-corrected chi connectivity index (χ4v) is 5.30. The van der Waals surface area contributed by atoms with E-state index in [0.717, 1.165) is 24.9 Å². The number of carbonyl (C=O) groups is 3. The van der Waals surface area contributed by atoms with Crippen LogP contribution in [0.4, 0.5) is 0 Å². The van der Waals surface area contributed by atoms with Crippen molar-refractivity contribution >= 4 is 30.0 Å². The standard InChI is InChI=1S/C24H33N3O4.ClH/c1-24(2)17-12-26-21(20(17)24)23(30)27-18(11-16-9-6-10-25-22(16)29)19(28)14-31-13-15-7-4-3-5-8-15;/h3-5,7-8,16-18,20-21,26H,6,9-14H2,1-2H3,(H,25,29)(H,27,30);1H/t16-,17?,18-,20?,21?;/m0./s1. The molecule has 1 aromatic carbocycles. The van der Waals surface area contributed by atoms with Crippen molar-refractivity contribution < 1.29 is 19.1 Å². The number of amides is 2. The minimum Gasteiger partial charge on any atom is -0.369 e. The lowest BCUT2D eigenvalue weighted by Gasteiger charge is -2.27. The van der Waals surface area contributed by atoms with Crippen LogP contribution < -0.4 is 16.0 Å². The van der Waals surface area contributed by atoms with Gasteiger partial charge in [-0.3, -0.25) is 14.4 Å². The molecule has 7 nitrogen and oxygen atoms in total. The molecule has 1 saturated carbocycles. The minimum atomic E-state index is -0.722. The molecule has 1 aromatic rings. The second-order valence-electron chi connectivity index (χ2n) is 9.71. The number of benzene rings is 1. The highest BCUT2D eigenvalue weighted by Gasteiger charge is 2.65. The molecule has 1 aliphatic carbocycles. The molecule has 4 rings (SSSR count). The van der Waals surface area contributed by atoms with E-state index in [1.807, 2.05) is 30.3 Å². The van der Waals surface area contributed by atoms with Crippen molar-refractivity contribution in [1.29, 1.82) is 0 Å². The third-order valence-electron chi connectivity index (χ3n) is 7.32. The van der Waals surface area contributed by atoms with E-state index in [4.69, 9.17) is 4.74 Å². The van der Waals surface area contributed by atoms with Gasteiger partial charge in [-0.25, -0.2) is 0 Å². The molecule has 0 aromatic heterocycles. The molecule has 2 aliphatic heterocycles. The Morgan fingerprint density at radius 3 is 2.66 bits per heavy atom. The van der Waals surface area contributed by atoms with E-state index in [9.17, 15) is 14.4 Å². The van der Waals surface area contributed by atoms with Crippen LogP contribution in [0.2, 0.25) is 0 Å². The Kier molecular flexibility index (Phi) is 7.96. The summed E-state index contributed by atoms with van der Waals surface area (Å²) >= 11 is 0. The molecule has 2 amide bonds. The number of nitrogens with one attached hydrogen (secondary N) is 3. The minimum absolute atomic E-state index is 0. The molecule has 3 aliphatic rings. The SMILES string of the molecule is CC1(C)C2CNC(C(=O)N[C@@H](C[C@@H]3CCCNC3=O)C(=O)COCc3ccccc3)C21.Cl. The molecular formula is C24H34ClN3O4. The van der Waals surface area contributed by atoms with Crippen LogP contribution in [-0.4, -0.2) is 49.4 Å². The summed E-state index contributed by atoms with van der Waals surface area (Å²) in [5, 5.41) is 9.13. The summed E-state index contributed by atoms with van der Waals surface area (Å²) in [6, 6.07) is 8.66. The van der Waals surface area contributed by atoms with Crippen molar-refractivity contribution in [2.75, 3.05) is 19.7 Å². The maximum Gasteiger partial charge on any atom is 0.238 e. The second kappa shape index (κ2) is 10.3. The molecular weight excluding hydrogens is 430 g/mol. The molecule has 3 N–H and O–H groups in total. The quantitative estimate of drug-likeness (QED) is 0.519. The molecule has 176 valence electrons. The van der Waals surface area contributed by atoms with Gasteiger partial charge >= 0.3 is 0 Å². The van der Waals surface area contributed by atoms with Crippen LogP contribution in [0.5, 0.6) is 0 Å². The van der Waals surface area contributed by atoms with Gasteiger partial charge in [-0.2, -0.15) is 0 Å². The molecule has 5 atom stereocenters. The van der Waals surface area contributed by atoms with Crippen LogP contribution in [0.25, 0.3) is 0 Å². The first kappa shape index (κ1) is 24.7. The van der Waals surface area contributed by atoms with E-state index >= 15 is 0 Å². The van der Waals surface area contributed by atoms with Gasteiger partial charge in [0, 0.05) is 12.5 Å². The largest absolute Gasteiger partial charge is 0.369 e. The third-order valence-corrected chi connectivity index (χ3v) is 7.32. The number of ether oxygens (including phenoxy) is 1. The summed E-state index contributed by atoms with van der Waals surface area (Å²) < 4.78 is 5.63. The van der Waals surface area contributed by atoms with Crippen LogP contribution in [0.15, 0.2) is 30.3 Å². The maximum atomic E-state index is 13.0. The summed E-state index contributed by atoms with van der Waals surface area (Å²) in [6.45, 7) is 6.12. The maximum absolute atomic E-state index is 13.0. The van der Waals surface area contributed by atoms with Gasteiger partial charge in [0.15, 0.2) is 5.78 Å². The Bertz CT molecular complexity index is 832. The van der Waals surface area contributed by atoms with E-state index in [1.54, 1.807) is 0 Å². The molecule has 8 heteroatoms. The summed E-state index contributed by atoms with van der Waals surface area (Å²) in [7, 11) is 0. The van der Waals surface area contributed by atoms with Crippen molar-refractivity contribution in [3.05, 3.63) is 35.9 Å². The lowest BCUT2D eigenvalue weighted by molar-refractivity contribution is -0.134. The van der Waals surface area contributed by atoms with Crippen molar-refractivity contribution in [2.24, 2.45) is 23.2 Å². The fraction of sp³-hybridized carbons (Fsp3) is 0.625. The first-order valence-corrected chi connectivity index (χ1v) is 11.3. The van der Waals surface area contributed by atoms with Gasteiger partial charge in [0.05, 0.1) is 18.7 Å². The number of carbonyl (C=O) groups excluding carboxylic acids is 3. The molecule has 3 unspecified atom stereocenters. The number of piperidine rings is 2. The molecule has 0 bridgehead atoms. The third kappa shape index (κ3) is 5.33. The van der Waals surface area contributed by atoms with Gasteiger partial charge < -0.3 is 20.7 Å². The molecule has 2 saturated heterocycles. The Balaban J connectivity index is 0.00000289. The van der Waals surface area contributed by atoms with Crippen molar-refractivity contribution in [3.63, 3.8) is 0 Å². The number of hydrogen-bond acceptors (Lipinski definition) is 5. The molecule has 3 fully saturated rings. The van der Waals surface area contributed by atoms with Crippen LogP contribution in [0, 0.1) is 23.2 Å². The summed E-state index contributed by atoms with van der Waals surface area (Å²) in [5.41, 5.74) is 1.15. The van der Waals surface area contributed by atoms with Gasteiger partial charge in [-0.05, 0) is 48.6 Å². The zero-order valence-electron chi connectivity index (χ0n) is 18.8. The van der Waals surface area contributed by atoms with Crippen molar-refractivity contribution in [1.82, 2.24) is 16.0 Å². The predicted molar refractivity (Wildman–Crippen MR) is 123 cm³/mol. The lowest BCUT2D eigenvalue weighted by Crippen LogP contribution is -2.52. The van der Waals surface area contributed by atoms with E-state index in [-0.39, 0.29) is 54.0 Å². The molecule has 0 spiro atoms. The smallest absolute Gasteiger partial charge is 0.238 e. The van der Waals surface area contributed by atoms with Crippen LogP contribution >= 0.6 is 12.4 Å². The van der Waals surface area contributed by atoms with Crippen LogP contribution in [-0.2, 0) is 25.7 Å². The number of ketones is 1. The van der Waals surface area contributed by atoms with E-state index < -0.39 is 6.04 Å². The van der Waals surface area contributed by atoms with Crippen molar-refractivity contribution in [2.45, 2.75) is 51.8 Å². The average molecular weight is 464 g/mol. The zero-order valence-corrected chi connectivity index (χ0v) is 19.6. The van der Waals surface area contributed by atoms with Crippen molar-refractivity contribution in [3.8, 4) is 0 Å². The monoisotopic (exact) mass is 463 g/mol. The van der Waals surface area contributed by atoms with E-state index in [1.165, 1.54) is 0 Å². The lowest BCUT2D eigenvalue weighted by atomic mass is 9.90. The second-order valence-corrected chi connectivity index (χ2v) is 9.71. The number of fused-ring (bicyclic) bond motifs is 1. The molecule has 0 radical (unpaired) electrons. The fourth-order valence-electron chi connectivity index (χ4n) is 5.30. The van der Waals surface area contributed by atoms with Gasteiger partial charge in [-0.1, -0.05) is 44.2 Å². The topological polar surface area (TPSA) is 96.5 Å². The summed E-state index contributed by atoms with van der Waals surface area (Å²) in [5.74, 6) is 0.180. The highest BCUT2D eigenvalue weighted by molar-refractivity contribution is 5.92. The summed E-state index contributed by atoms with van der Waals surface area (Å²) in [6.07, 6.45) is 1.93. The zero-order chi connectivity index (χ0) is 22.0. The Morgan fingerprint density at radius 1 is 1.25 bits per heavy atom. The average Bonchev–Trinajstić information content (AvgIpc) is 3.09. The highest BCUT2D eigenvalue weighted by atomic mass is 35.5. The predicted octanol–water partition coefficient (Wildman–Crippen LogP) is 1.84. The first-order valence-electron chi connectivity index (χ1n) is 11.3. The van der Waals surface area contributed by atoms with Crippen LogP contribution in [0.1, 0.15) is 38.7 Å². The Morgan fingerprint density at radius 2 is 2.00 bits per heavy atom. The number of rotatable bonds is 9. The van der Waals surface area contributed by atoms with E-state index in [2.05, 4.69) is 29.8 Å². The van der Waals surface area contributed by atoms with Gasteiger partial charge in [0.1, 0.15) is 6.61 Å². The summed E-state index contributed by atoms with van der Waals surface area (Å²) in [4.78, 5) is 38.3. The normalized spacial score (nSPS) is 28.6. The van der Waals surface area contributed by atoms with Gasteiger partial charge in [-0.15, -0.1) is 12.4 Å². The number of hydrogen-bond donors (Lipinski definition) is 3. The van der Waals surface area contributed by atoms with Gasteiger partial charge in [0.25, 0.3) is 0 Å². The van der Waals surface area contributed by atoms with Crippen LogP contribution in [0.3, 0.4) is 0 Å². The highest BCUT2D eigenvalue weighted by Crippen LogP contribution is 2.62. The van der Waals surface area contributed by atoms with E-state index in [0.29, 0.717) is 31.4 Å². The molecule has 32 heavy (non-hydrogen) atoms. The molecule has 2 heterocycles. The Hall–Kier alpha value is -1.96. The van der Waals surface area contributed by atoms with Gasteiger partial charge in [0.2, 0.25) is 11.8 Å². The number of Topliss-reactive ketones (excluding diaryl/α,β-unsaturated/α-hetero) is 1.